The van der Waals surface area contributed by atoms with Crippen LogP contribution < -0.4 is 14.4 Å². The molecule has 7 nitrogen and oxygen atoms in total. The number of benzene rings is 2. The topological polar surface area (TPSA) is 73.1 Å². The maximum atomic E-state index is 13.2. The van der Waals surface area contributed by atoms with Crippen LogP contribution in [0.25, 0.3) is 5.65 Å². The summed E-state index contributed by atoms with van der Waals surface area (Å²) < 4.78 is 25.9. The van der Waals surface area contributed by atoms with E-state index in [-0.39, 0.29) is 18.3 Å². The Morgan fingerprint density at radius 2 is 1.71 bits per heavy atom. The Morgan fingerprint density at radius 1 is 1.03 bits per heavy atom. The maximum absolute atomic E-state index is 13.2. The van der Waals surface area contributed by atoms with E-state index in [0.29, 0.717) is 46.2 Å². The second-order valence-corrected chi connectivity index (χ2v) is 7.61. The lowest BCUT2D eigenvalue weighted by atomic mass is 10.1. The minimum absolute atomic E-state index is 0.197. The van der Waals surface area contributed by atoms with Gasteiger partial charge in [0.1, 0.15) is 17.4 Å². The normalized spacial score (nSPS) is 10.8. The third-order valence-electron chi connectivity index (χ3n) is 5.48. The van der Waals surface area contributed by atoms with Gasteiger partial charge in [-0.25, -0.2) is 9.37 Å². The molecule has 0 bridgehead atoms. The number of amides is 1. The molecule has 0 unspecified atom stereocenters. The second-order valence-electron chi connectivity index (χ2n) is 7.61. The van der Waals surface area contributed by atoms with Gasteiger partial charge < -0.3 is 9.47 Å². The van der Waals surface area contributed by atoms with Crippen molar-refractivity contribution >= 4 is 23.2 Å². The molecule has 1 amide bonds. The van der Waals surface area contributed by atoms with Crippen molar-refractivity contribution < 1.29 is 23.5 Å². The van der Waals surface area contributed by atoms with Crippen LogP contribution in [-0.4, -0.2) is 41.8 Å². The van der Waals surface area contributed by atoms with Gasteiger partial charge in [0.05, 0.1) is 12.8 Å². The quantitative estimate of drug-likeness (QED) is 0.359. The Labute approximate surface area is 196 Å². The Kier molecular flexibility index (Phi) is 6.58. The van der Waals surface area contributed by atoms with E-state index in [9.17, 15) is 14.0 Å². The van der Waals surface area contributed by atoms with E-state index in [1.54, 1.807) is 66.1 Å². The van der Waals surface area contributed by atoms with Gasteiger partial charge in [0, 0.05) is 24.4 Å². The summed E-state index contributed by atoms with van der Waals surface area (Å²) in [6, 6.07) is 15.7. The highest BCUT2D eigenvalue weighted by Crippen LogP contribution is 2.29. The van der Waals surface area contributed by atoms with E-state index in [1.165, 1.54) is 24.3 Å². The van der Waals surface area contributed by atoms with E-state index in [0.717, 1.165) is 0 Å². The van der Waals surface area contributed by atoms with Crippen molar-refractivity contribution in [2.24, 2.45) is 0 Å². The van der Waals surface area contributed by atoms with E-state index >= 15 is 0 Å². The number of aryl methyl sites for hydroxylation is 1. The van der Waals surface area contributed by atoms with E-state index in [1.807, 2.05) is 6.92 Å². The Morgan fingerprint density at radius 3 is 2.35 bits per heavy atom. The summed E-state index contributed by atoms with van der Waals surface area (Å²) in [5, 5.41) is 0. The molecule has 0 aliphatic rings. The summed E-state index contributed by atoms with van der Waals surface area (Å²) in [5.41, 5.74) is 2.08. The zero-order valence-corrected chi connectivity index (χ0v) is 19.1. The number of rotatable bonds is 8. The number of methoxy groups -OCH3 is 1. The van der Waals surface area contributed by atoms with E-state index in [2.05, 4.69) is 4.98 Å². The van der Waals surface area contributed by atoms with Gasteiger partial charge in [0.15, 0.2) is 23.8 Å². The molecule has 2 aromatic heterocycles. The number of aromatic nitrogens is 2. The van der Waals surface area contributed by atoms with Gasteiger partial charge in [-0.3, -0.25) is 18.9 Å². The number of hydrogen-bond acceptors (Lipinski definition) is 5. The number of nitrogens with zero attached hydrogens (tertiary/aromatic N) is 3. The minimum atomic E-state index is -0.410. The molecule has 0 radical (unpaired) electrons. The zero-order valence-electron chi connectivity index (χ0n) is 19.1. The van der Waals surface area contributed by atoms with Crippen molar-refractivity contribution in [3.05, 3.63) is 89.5 Å². The fourth-order valence-corrected chi connectivity index (χ4v) is 3.67. The fourth-order valence-electron chi connectivity index (χ4n) is 3.67. The number of ether oxygens (including phenoxy) is 2. The molecule has 0 saturated heterocycles. The number of ketones is 1. The SMILES string of the molecule is CCc1nc2c(OCC(=O)c3ccc(F)cc3)cccn2c1N(C)C(=O)c1ccc(OC)cc1. The number of Topliss-reactive ketones (excluding diaryl/α,β-unsaturated/α-hetero) is 1. The molecule has 4 aromatic rings. The van der Waals surface area contributed by atoms with Crippen molar-refractivity contribution in [3.8, 4) is 11.5 Å². The Bertz CT molecular complexity index is 1330. The monoisotopic (exact) mass is 461 g/mol. The Hall–Kier alpha value is -4.20. The highest BCUT2D eigenvalue weighted by molar-refractivity contribution is 6.06. The van der Waals surface area contributed by atoms with Crippen LogP contribution in [0, 0.1) is 5.82 Å². The third-order valence-corrected chi connectivity index (χ3v) is 5.48. The van der Waals surface area contributed by atoms with E-state index in [4.69, 9.17) is 9.47 Å². The molecule has 0 N–H and O–H groups in total. The van der Waals surface area contributed by atoms with Gasteiger partial charge in [-0.1, -0.05) is 6.92 Å². The molecular formula is C26H24FN3O4. The summed E-state index contributed by atoms with van der Waals surface area (Å²) in [6.45, 7) is 1.73. The number of imidazole rings is 1. The molecule has 0 spiro atoms. The standard InChI is InChI=1S/C26H24FN3O4/c1-4-21-25(29(2)26(32)18-9-13-20(33-3)14-10-18)30-15-5-6-23(24(30)28-21)34-16-22(31)17-7-11-19(27)12-8-17/h5-15H,4,16H2,1-3H3. The second kappa shape index (κ2) is 9.74. The smallest absolute Gasteiger partial charge is 0.259 e. The van der Waals surface area contributed by atoms with Crippen LogP contribution in [0.1, 0.15) is 33.3 Å². The number of fused-ring (bicyclic) bond motifs is 1. The van der Waals surface area contributed by atoms with Gasteiger partial charge in [0.25, 0.3) is 5.91 Å². The summed E-state index contributed by atoms with van der Waals surface area (Å²) in [4.78, 5) is 31.9. The van der Waals surface area contributed by atoms with Crippen LogP contribution in [-0.2, 0) is 6.42 Å². The highest BCUT2D eigenvalue weighted by atomic mass is 19.1. The minimum Gasteiger partial charge on any atom is -0.497 e. The molecule has 0 aliphatic heterocycles. The predicted octanol–water partition coefficient (Wildman–Crippen LogP) is 4.58. The van der Waals surface area contributed by atoms with Crippen LogP contribution in [0.5, 0.6) is 11.5 Å². The highest BCUT2D eigenvalue weighted by Gasteiger charge is 2.23. The maximum Gasteiger partial charge on any atom is 0.259 e. The van der Waals surface area contributed by atoms with Crippen molar-refractivity contribution in [2.75, 3.05) is 25.7 Å². The number of carbonyl (C=O) groups excluding carboxylic acids is 2. The van der Waals surface area contributed by atoms with E-state index < -0.39 is 5.82 Å². The van der Waals surface area contributed by atoms with Gasteiger partial charge in [-0.15, -0.1) is 0 Å². The van der Waals surface area contributed by atoms with Crippen LogP contribution in [0.2, 0.25) is 0 Å². The number of halogens is 1. The number of anilines is 1. The fraction of sp³-hybridized carbons (Fsp3) is 0.192. The molecule has 4 rings (SSSR count). The number of carbonyl (C=O) groups is 2. The molecule has 2 heterocycles. The summed E-state index contributed by atoms with van der Waals surface area (Å²) in [5.74, 6) is 0.805. The van der Waals surface area contributed by atoms with Crippen LogP contribution in [0.4, 0.5) is 10.2 Å². The van der Waals surface area contributed by atoms with Crippen LogP contribution >= 0.6 is 0 Å². The molecule has 2 aromatic carbocycles. The number of hydrogen-bond donors (Lipinski definition) is 0. The first-order chi connectivity index (χ1) is 16.4. The lowest BCUT2D eigenvalue weighted by molar-refractivity contribution is 0.0921. The lowest BCUT2D eigenvalue weighted by Gasteiger charge is -2.18. The van der Waals surface area contributed by atoms with Gasteiger partial charge in [-0.05, 0) is 67.1 Å². The van der Waals surface area contributed by atoms with Crippen molar-refractivity contribution in [1.82, 2.24) is 9.38 Å². The van der Waals surface area contributed by atoms with Crippen LogP contribution in [0.3, 0.4) is 0 Å². The molecule has 0 fully saturated rings. The molecule has 174 valence electrons. The first kappa shape index (κ1) is 23.0. The van der Waals surface area contributed by atoms with Gasteiger partial charge in [-0.2, -0.15) is 0 Å². The first-order valence-electron chi connectivity index (χ1n) is 10.8. The largest absolute Gasteiger partial charge is 0.497 e. The Balaban J connectivity index is 1.62. The van der Waals surface area contributed by atoms with Crippen molar-refractivity contribution in [3.63, 3.8) is 0 Å². The molecule has 0 saturated carbocycles. The average molecular weight is 461 g/mol. The number of pyridine rings is 1. The summed E-state index contributed by atoms with van der Waals surface area (Å²) in [7, 11) is 3.27. The first-order valence-corrected chi connectivity index (χ1v) is 10.8. The van der Waals surface area contributed by atoms with Gasteiger partial charge >= 0.3 is 0 Å². The summed E-state index contributed by atoms with van der Waals surface area (Å²) in [6.07, 6.45) is 2.38. The van der Waals surface area contributed by atoms with Crippen molar-refractivity contribution in [2.45, 2.75) is 13.3 Å². The third kappa shape index (κ3) is 4.47. The molecular weight excluding hydrogens is 437 g/mol. The molecule has 8 heteroatoms. The zero-order chi connectivity index (χ0) is 24.2. The molecule has 0 atom stereocenters. The van der Waals surface area contributed by atoms with Crippen LogP contribution in [0.15, 0.2) is 66.9 Å². The molecule has 34 heavy (non-hydrogen) atoms. The molecule has 0 aliphatic carbocycles. The van der Waals surface area contributed by atoms with Crippen molar-refractivity contribution in [1.29, 1.82) is 0 Å². The average Bonchev–Trinajstić information content (AvgIpc) is 3.26. The lowest BCUT2D eigenvalue weighted by Crippen LogP contribution is -2.28. The van der Waals surface area contributed by atoms with Gasteiger partial charge in [0.2, 0.25) is 0 Å². The summed E-state index contributed by atoms with van der Waals surface area (Å²) >= 11 is 0. The predicted molar refractivity (Wildman–Crippen MR) is 127 cm³/mol.